The van der Waals surface area contributed by atoms with Gasteiger partial charge in [-0.05, 0) is 33.6 Å². The Morgan fingerprint density at radius 3 is 2.10 bits per heavy atom. The molecule has 1 aliphatic heterocycles. The zero-order valence-corrected chi connectivity index (χ0v) is 17.5. The Morgan fingerprint density at radius 1 is 1.10 bits per heavy atom. The van der Waals surface area contributed by atoms with Gasteiger partial charge in [0.1, 0.15) is 11.6 Å². The topological polar surface area (TPSA) is 99.2 Å². The molecule has 0 spiro atoms. The first-order valence-electron chi connectivity index (χ1n) is 9.08. The average molecular weight is 437 g/mol. The van der Waals surface area contributed by atoms with Gasteiger partial charge in [0.2, 0.25) is 0 Å². The fourth-order valence-electron chi connectivity index (χ4n) is 3.35. The molecule has 0 bridgehead atoms. The summed E-state index contributed by atoms with van der Waals surface area (Å²) in [6.07, 6.45) is -5.65. The highest BCUT2D eigenvalue weighted by Crippen LogP contribution is 2.38. The monoisotopic (exact) mass is 437 g/mol. The second-order valence-corrected chi connectivity index (χ2v) is 7.86. The van der Waals surface area contributed by atoms with Crippen LogP contribution in [0.3, 0.4) is 0 Å². The van der Waals surface area contributed by atoms with Gasteiger partial charge in [0.25, 0.3) is 0 Å². The SMILES string of the molecule is C=C(C[C@H](C(=O)OC)[C@@H]1CCN(C(=O)C(F)(F)F)[C@@H]1C(=O)OC(C)(C)C)C(=O)OC. The van der Waals surface area contributed by atoms with Crippen LogP contribution in [0.4, 0.5) is 13.2 Å². The highest BCUT2D eigenvalue weighted by Gasteiger charge is 2.54. The average Bonchev–Trinajstić information content (AvgIpc) is 3.06. The van der Waals surface area contributed by atoms with Crippen molar-refractivity contribution in [2.75, 3.05) is 20.8 Å². The lowest BCUT2D eigenvalue weighted by atomic mass is 9.81. The van der Waals surface area contributed by atoms with E-state index >= 15 is 0 Å². The van der Waals surface area contributed by atoms with Crippen molar-refractivity contribution in [2.24, 2.45) is 11.8 Å². The van der Waals surface area contributed by atoms with Crippen molar-refractivity contribution in [1.29, 1.82) is 0 Å². The lowest BCUT2D eigenvalue weighted by Crippen LogP contribution is -2.52. The number of amides is 1. The first-order valence-corrected chi connectivity index (χ1v) is 9.08. The normalized spacial score (nSPS) is 20.3. The maximum absolute atomic E-state index is 13.1. The number of hydrogen-bond donors (Lipinski definition) is 0. The Morgan fingerprint density at radius 2 is 1.67 bits per heavy atom. The molecule has 0 aromatic rings. The van der Waals surface area contributed by atoms with Crippen LogP contribution >= 0.6 is 0 Å². The lowest BCUT2D eigenvalue weighted by molar-refractivity contribution is -0.191. The summed E-state index contributed by atoms with van der Waals surface area (Å²) in [5, 5.41) is 0. The lowest BCUT2D eigenvalue weighted by Gasteiger charge is -2.32. The molecule has 0 unspecified atom stereocenters. The van der Waals surface area contributed by atoms with Gasteiger partial charge in [-0.1, -0.05) is 6.58 Å². The van der Waals surface area contributed by atoms with Crippen LogP contribution in [0.2, 0.25) is 0 Å². The summed E-state index contributed by atoms with van der Waals surface area (Å²) in [4.78, 5) is 49.1. The smallest absolute Gasteiger partial charge is 0.469 e. The number of carbonyl (C=O) groups excluding carboxylic acids is 4. The van der Waals surface area contributed by atoms with Crippen LogP contribution in [-0.2, 0) is 33.4 Å². The molecule has 11 heteroatoms. The first-order chi connectivity index (χ1) is 13.6. The van der Waals surface area contributed by atoms with E-state index in [0.717, 1.165) is 14.2 Å². The van der Waals surface area contributed by atoms with E-state index in [2.05, 4.69) is 11.3 Å². The van der Waals surface area contributed by atoms with Crippen molar-refractivity contribution in [1.82, 2.24) is 4.90 Å². The second kappa shape index (κ2) is 9.48. The van der Waals surface area contributed by atoms with Crippen LogP contribution in [0.1, 0.15) is 33.6 Å². The zero-order valence-electron chi connectivity index (χ0n) is 17.5. The molecule has 3 atom stereocenters. The van der Waals surface area contributed by atoms with Crippen molar-refractivity contribution in [3.05, 3.63) is 12.2 Å². The number of carbonyl (C=O) groups is 4. The van der Waals surface area contributed by atoms with E-state index < -0.39 is 60.0 Å². The van der Waals surface area contributed by atoms with Crippen molar-refractivity contribution in [2.45, 2.75) is 51.4 Å². The summed E-state index contributed by atoms with van der Waals surface area (Å²) < 4.78 is 53.7. The third-order valence-corrected chi connectivity index (χ3v) is 4.56. The molecule has 1 fully saturated rings. The van der Waals surface area contributed by atoms with Crippen LogP contribution in [0.15, 0.2) is 12.2 Å². The van der Waals surface area contributed by atoms with Crippen LogP contribution in [0.25, 0.3) is 0 Å². The number of halogens is 3. The summed E-state index contributed by atoms with van der Waals surface area (Å²) in [5.41, 5.74) is -1.18. The van der Waals surface area contributed by atoms with Gasteiger partial charge in [-0.15, -0.1) is 0 Å². The minimum atomic E-state index is -5.22. The summed E-state index contributed by atoms with van der Waals surface area (Å²) in [7, 11) is 2.16. The van der Waals surface area contributed by atoms with Gasteiger partial charge in [0, 0.05) is 18.0 Å². The molecule has 30 heavy (non-hydrogen) atoms. The Labute approximate surface area is 172 Å². The first kappa shape index (κ1) is 25.4. The van der Waals surface area contributed by atoms with Crippen molar-refractivity contribution >= 4 is 23.8 Å². The third kappa shape index (κ3) is 6.20. The quantitative estimate of drug-likeness (QED) is 0.356. The van der Waals surface area contributed by atoms with E-state index in [-0.39, 0.29) is 18.4 Å². The van der Waals surface area contributed by atoms with Crippen LogP contribution < -0.4 is 0 Å². The Bertz CT molecular complexity index is 712. The number of likely N-dealkylation sites (tertiary alicyclic amines) is 1. The highest BCUT2D eigenvalue weighted by atomic mass is 19.4. The van der Waals surface area contributed by atoms with Gasteiger partial charge in [0.15, 0.2) is 0 Å². The van der Waals surface area contributed by atoms with E-state index in [4.69, 9.17) is 9.47 Å². The fraction of sp³-hybridized carbons (Fsp3) is 0.684. The van der Waals surface area contributed by atoms with Crippen LogP contribution in [-0.4, -0.2) is 67.3 Å². The van der Waals surface area contributed by atoms with Crippen molar-refractivity contribution in [3.8, 4) is 0 Å². The molecule has 170 valence electrons. The summed E-state index contributed by atoms with van der Waals surface area (Å²) in [6, 6.07) is -1.69. The number of methoxy groups -OCH3 is 2. The van der Waals surface area contributed by atoms with Gasteiger partial charge in [-0.3, -0.25) is 9.59 Å². The maximum atomic E-state index is 13.1. The molecule has 1 heterocycles. The van der Waals surface area contributed by atoms with Gasteiger partial charge >= 0.3 is 30.0 Å². The molecule has 8 nitrogen and oxygen atoms in total. The highest BCUT2D eigenvalue weighted by molar-refractivity contribution is 5.90. The van der Waals surface area contributed by atoms with E-state index in [1.54, 1.807) is 0 Å². The number of hydrogen-bond acceptors (Lipinski definition) is 7. The Kier molecular flexibility index (Phi) is 8.04. The van der Waals surface area contributed by atoms with Crippen molar-refractivity contribution in [3.63, 3.8) is 0 Å². The number of esters is 3. The molecule has 1 rings (SSSR count). The number of alkyl halides is 3. The fourth-order valence-corrected chi connectivity index (χ4v) is 3.35. The third-order valence-electron chi connectivity index (χ3n) is 4.56. The largest absolute Gasteiger partial charge is 0.471 e. The standard InChI is InChI=1S/C19H26F3NO7/c1-10(14(24)28-5)9-12(15(25)29-6)11-7-8-23(17(27)19(20,21)22)13(11)16(26)30-18(2,3)4/h11-13H,1,7-9H2,2-6H3/t11-,12-,13-/m0/s1. The predicted molar refractivity (Wildman–Crippen MR) is 96.8 cm³/mol. The Balaban J connectivity index is 3.36. The second-order valence-electron chi connectivity index (χ2n) is 7.86. The maximum Gasteiger partial charge on any atom is 0.471 e. The molecule has 1 amide bonds. The van der Waals surface area contributed by atoms with Crippen LogP contribution in [0.5, 0.6) is 0 Å². The van der Waals surface area contributed by atoms with Gasteiger partial charge in [-0.25, -0.2) is 9.59 Å². The molecule has 0 N–H and O–H groups in total. The molecule has 0 aromatic heterocycles. The van der Waals surface area contributed by atoms with E-state index in [9.17, 15) is 32.3 Å². The van der Waals surface area contributed by atoms with E-state index in [1.165, 1.54) is 20.8 Å². The number of rotatable bonds is 6. The van der Waals surface area contributed by atoms with Gasteiger partial charge < -0.3 is 19.1 Å². The molecule has 1 aliphatic rings. The number of ether oxygens (including phenoxy) is 3. The van der Waals surface area contributed by atoms with Gasteiger partial charge in [-0.2, -0.15) is 13.2 Å². The minimum Gasteiger partial charge on any atom is -0.469 e. The summed E-state index contributed by atoms with van der Waals surface area (Å²) >= 11 is 0. The zero-order chi connectivity index (χ0) is 23.4. The molecule has 0 saturated carbocycles. The Hall–Kier alpha value is -2.59. The summed E-state index contributed by atoms with van der Waals surface area (Å²) in [5.74, 6) is -7.28. The molecule has 0 aromatic carbocycles. The molecular formula is C19H26F3NO7. The number of nitrogens with zero attached hydrogens (tertiary/aromatic N) is 1. The van der Waals surface area contributed by atoms with E-state index in [0.29, 0.717) is 4.90 Å². The molecular weight excluding hydrogens is 411 g/mol. The van der Waals surface area contributed by atoms with Crippen molar-refractivity contribution < 1.29 is 46.6 Å². The van der Waals surface area contributed by atoms with Gasteiger partial charge in [0.05, 0.1) is 20.1 Å². The predicted octanol–water partition coefficient (Wildman–Crippen LogP) is 2.02. The van der Waals surface area contributed by atoms with Crippen LogP contribution in [0, 0.1) is 11.8 Å². The van der Waals surface area contributed by atoms with E-state index in [1.807, 2.05) is 0 Å². The summed E-state index contributed by atoms with van der Waals surface area (Å²) in [6.45, 7) is 7.64. The molecule has 0 radical (unpaired) electrons. The minimum absolute atomic E-state index is 0.111. The molecule has 0 aliphatic carbocycles. The molecule has 1 saturated heterocycles.